The van der Waals surface area contributed by atoms with Gasteiger partial charge in [-0.05, 0) is 49.4 Å². The highest BCUT2D eigenvalue weighted by Crippen LogP contribution is 2.68. The third kappa shape index (κ3) is 3.86. The van der Waals surface area contributed by atoms with Gasteiger partial charge in [0.1, 0.15) is 0 Å². The molecule has 2 atom stereocenters. The number of oxazole rings is 1. The van der Waals surface area contributed by atoms with Gasteiger partial charge < -0.3 is 13.9 Å². The first kappa shape index (κ1) is 22.5. The first-order chi connectivity index (χ1) is 15.6. The maximum absolute atomic E-state index is 12.9. The second kappa shape index (κ2) is 7.87. The van der Waals surface area contributed by atoms with Crippen molar-refractivity contribution in [2.45, 2.75) is 43.4 Å². The van der Waals surface area contributed by atoms with Gasteiger partial charge in [0.2, 0.25) is 5.82 Å². The van der Waals surface area contributed by atoms with Crippen LogP contribution in [0.2, 0.25) is 0 Å². The largest absolute Gasteiger partial charge is 0.440 e. The van der Waals surface area contributed by atoms with Crippen LogP contribution in [0.15, 0.2) is 40.2 Å². The van der Waals surface area contributed by atoms with Gasteiger partial charge in [0.05, 0.1) is 11.3 Å². The molecule has 1 aliphatic carbocycles. The number of hydrogen-bond acceptors (Lipinski definition) is 6. The van der Waals surface area contributed by atoms with Crippen LogP contribution < -0.4 is 0 Å². The number of thioether (sulfide) groups is 1. The lowest BCUT2D eigenvalue weighted by molar-refractivity contribution is -0.137. The summed E-state index contributed by atoms with van der Waals surface area (Å²) in [5, 5.41) is 9.36. The SMILES string of the molecule is Cc1ncoc1-c1nnc(SCCCN2C[C@@]3(C)C[C@@]3(c3ccc(C(F)(F)F)cc3)C2)n1C. The minimum absolute atomic E-state index is 0.0162. The van der Waals surface area contributed by atoms with E-state index < -0.39 is 11.7 Å². The molecule has 1 saturated carbocycles. The average Bonchev–Trinajstić information content (AvgIpc) is 3.11. The third-order valence-corrected chi connectivity index (χ3v) is 8.29. The summed E-state index contributed by atoms with van der Waals surface area (Å²) in [5.74, 6) is 2.20. The van der Waals surface area contributed by atoms with Crippen molar-refractivity contribution >= 4 is 11.8 Å². The number of aryl methyl sites for hydroxylation is 1. The predicted molar refractivity (Wildman–Crippen MR) is 119 cm³/mol. The molecule has 0 amide bonds. The molecule has 1 aliphatic heterocycles. The number of hydrogen-bond donors (Lipinski definition) is 0. The van der Waals surface area contributed by atoms with E-state index in [2.05, 4.69) is 27.0 Å². The maximum Gasteiger partial charge on any atom is 0.416 e. The number of alkyl halides is 3. The zero-order chi connectivity index (χ0) is 23.4. The molecular weight excluding hydrogens is 451 g/mol. The van der Waals surface area contributed by atoms with Crippen molar-refractivity contribution in [3.8, 4) is 11.6 Å². The third-order valence-electron chi connectivity index (χ3n) is 7.19. The molecule has 0 unspecified atom stereocenters. The van der Waals surface area contributed by atoms with Gasteiger partial charge in [0, 0.05) is 31.3 Å². The first-order valence-corrected chi connectivity index (χ1v) is 11.9. The molecule has 2 fully saturated rings. The Bertz CT molecular complexity index is 1160. The molecule has 1 aromatic carbocycles. The van der Waals surface area contributed by atoms with Gasteiger partial charge in [-0.3, -0.25) is 0 Å². The van der Waals surface area contributed by atoms with Crippen molar-refractivity contribution in [1.29, 1.82) is 0 Å². The lowest BCUT2D eigenvalue weighted by Gasteiger charge is -2.21. The Morgan fingerprint density at radius 2 is 1.91 bits per heavy atom. The summed E-state index contributed by atoms with van der Waals surface area (Å²) in [5.41, 5.74) is 1.36. The molecule has 2 aromatic heterocycles. The smallest absolute Gasteiger partial charge is 0.416 e. The van der Waals surface area contributed by atoms with Crippen molar-refractivity contribution in [2.24, 2.45) is 12.5 Å². The van der Waals surface area contributed by atoms with E-state index in [-0.39, 0.29) is 10.8 Å². The normalized spacial score (nSPS) is 24.9. The molecule has 10 heteroatoms. The van der Waals surface area contributed by atoms with E-state index in [1.54, 1.807) is 23.9 Å². The Morgan fingerprint density at radius 3 is 2.58 bits per heavy atom. The number of piperidine rings is 1. The average molecular weight is 478 g/mol. The van der Waals surface area contributed by atoms with Crippen molar-refractivity contribution in [1.82, 2.24) is 24.6 Å². The number of rotatable bonds is 7. The van der Waals surface area contributed by atoms with Gasteiger partial charge in [-0.15, -0.1) is 10.2 Å². The number of fused-ring (bicyclic) bond motifs is 1. The highest BCUT2D eigenvalue weighted by molar-refractivity contribution is 7.99. The first-order valence-electron chi connectivity index (χ1n) is 11.0. The quantitative estimate of drug-likeness (QED) is 0.355. The number of halogens is 3. The second-order valence-electron chi connectivity index (χ2n) is 9.44. The van der Waals surface area contributed by atoms with Gasteiger partial charge in [0.25, 0.3) is 0 Å². The van der Waals surface area contributed by atoms with E-state index in [1.165, 1.54) is 18.5 Å². The molecule has 0 radical (unpaired) electrons. The zero-order valence-electron chi connectivity index (χ0n) is 18.8. The van der Waals surface area contributed by atoms with Crippen LogP contribution in [-0.2, 0) is 18.6 Å². The van der Waals surface area contributed by atoms with Crippen molar-refractivity contribution in [3.05, 3.63) is 47.5 Å². The molecular formula is C23H26F3N5OS. The highest BCUT2D eigenvalue weighted by Gasteiger charge is 2.69. The summed E-state index contributed by atoms with van der Waals surface area (Å²) in [6, 6.07) is 5.79. The van der Waals surface area contributed by atoms with Crippen LogP contribution in [0.4, 0.5) is 13.2 Å². The topological polar surface area (TPSA) is 60.0 Å². The van der Waals surface area contributed by atoms with Crippen molar-refractivity contribution in [3.63, 3.8) is 0 Å². The summed E-state index contributed by atoms with van der Waals surface area (Å²) in [6.07, 6.45) is -0.850. The van der Waals surface area contributed by atoms with Crippen LogP contribution in [0, 0.1) is 12.3 Å². The molecule has 2 aliphatic rings. The molecule has 0 bridgehead atoms. The molecule has 1 saturated heterocycles. The Balaban J connectivity index is 1.15. The molecule has 0 spiro atoms. The summed E-state index contributed by atoms with van der Waals surface area (Å²) in [6.45, 7) is 6.97. The molecule has 5 rings (SSSR count). The van der Waals surface area contributed by atoms with Gasteiger partial charge in [-0.2, -0.15) is 13.2 Å². The Hall–Kier alpha value is -2.33. The minimum atomic E-state index is -4.29. The lowest BCUT2D eigenvalue weighted by Crippen LogP contribution is -2.28. The fourth-order valence-corrected chi connectivity index (χ4v) is 6.13. The Kier molecular flexibility index (Phi) is 5.36. The Morgan fingerprint density at radius 1 is 1.15 bits per heavy atom. The summed E-state index contributed by atoms with van der Waals surface area (Å²) < 4.78 is 46.1. The highest BCUT2D eigenvalue weighted by atomic mass is 32.2. The molecule has 6 nitrogen and oxygen atoms in total. The second-order valence-corrected chi connectivity index (χ2v) is 10.5. The molecule has 33 heavy (non-hydrogen) atoms. The number of aromatic nitrogens is 4. The molecule has 176 valence electrons. The van der Waals surface area contributed by atoms with Crippen LogP contribution >= 0.6 is 11.8 Å². The van der Waals surface area contributed by atoms with Gasteiger partial charge >= 0.3 is 6.18 Å². The van der Waals surface area contributed by atoms with E-state index in [0.717, 1.165) is 54.6 Å². The molecule has 3 aromatic rings. The maximum atomic E-state index is 12.9. The van der Waals surface area contributed by atoms with Crippen molar-refractivity contribution in [2.75, 3.05) is 25.4 Å². The van der Waals surface area contributed by atoms with Crippen LogP contribution in [-0.4, -0.2) is 50.0 Å². The summed E-state index contributed by atoms with van der Waals surface area (Å²) in [4.78, 5) is 6.56. The van der Waals surface area contributed by atoms with Gasteiger partial charge in [-0.1, -0.05) is 30.8 Å². The van der Waals surface area contributed by atoms with E-state index in [0.29, 0.717) is 11.6 Å². The zero-order valence-corrected chi connectivity index (χ0v) is 19.6. The van der Waals surface area contributed by atoms with Gasteiger partial charge in [-0.25, -0.2) is 4.98 Å². The van der Waals surface area contributed by atoms with Crippen molar-refractivity contribution < 1.29 is 17.6 Å². The number of likely N-dealkylation sites (tertiary alicyclic amines) is 1. The number of benzene rings is 1. The van der Waals surface area contributed by atoms with Gasteiger partial charge in [0.15, 0.2) is 17.3 Å². The van der Waals surface area contributed by atoms with E-state index in [9.17, 15) is 13.2 Å². The van der Waals surface area contributed by atoms with E-state index in [4.69, 9.17) is 4.42 Å². The van der Waals surface area contributed by atoms with Crippen LogP contribution in [0.25, 0.3) is 11.6 Å². The Labute approximate surface area is 194 Å². The molecule has 0 N–H and O–H groups in total. The standard InChI is InChI=1S/C23H26F3N5OS/c1-15-18(32-14-27-15)19-28-29-20(30(19)3)33-10-4-9-31-12-21(2)11-22(21,13-31)16-5-7-17(8-6-16)23(24,25)26/h5-8,14H,4,9-13H2,1-3H3/t21-,22+/m1/s1. The predicted octanol–water partition coefficient (Wildman–Crippen LogP) is 4.94. The number of nitrogens with zero attached hydrogens (tertiary/aromatic N) is 5. The lowest BCUT2D eigenvalue weighted by atomic mass is 9.89. The fraction of sp³-hybridized carbons (Fsp3) is 0.522. The van der Waals surface area contributed by atoms with E-state index >= 15 is 0 Å². The van der Waals surface area contributed by atoms with Crippen LogP contribution in [0.5, 0.6) is 0 Å². The monoisotopic (exact) mass is 477 g/mol. The van der Waals surface area contributed by atoms with Crippen LogP contribution in [0.3, 0.4) is 0 Å². The molecule has 3 heterocycles. The summed E-state index contributed by atoms with van der Waals surface area (Å²) in [7, 11) is 1.92. The minimum Gasteiger partial charge on any atom is -0.440 e. The fourth-order valence-electron chi connectivity index (χ4n) is 5.29. The summed E-state index contributed by atoms with van der Waals surface area (Å²) >= 11 is 1.66. The van der Waals surface area contributed by atoms with E-state index in [1.807, 2.05) is 18.5 Å². The van der Waals surface area contributed by atoms with Crippen LogP contribution in [0.1, 0.15) is 36.6 Å².